The summed E-state index contributed by atoms with van der Waals surface area (Å²) in [6, 6.07) is 26.9. The molecule has 0 saturated carbocycles. The van der Waals surface area contributed by atoms with Gasteiger partial charge in [0.15, 0.2) is 0 Å². The van der Waals surface area contributed by atoms with E-state index in [9.17, 15) is 0 Å². The molecule has 0 aliphatic carbocycles. The molecule has 0 bridgehead atoms. The van der Waals surface area contributed by atoms with Crippen LogP contribution < -0.4 is 4.74 Å². The molecule has 3 nitrogen and oxygen atoms in total. The first-order chi connectivity index (χ1) is 14.4. The van der Waals surface area contributed by atoms with Crippen LogP contribution in [0.4, 0.5) is 0 Å². The number of halogens is 1. The van der Waals surface area contributed by atoms with E-state index < -0.39 is 0 Å². The summed E-state index contributed by atoms with van der Waals surface area (Å²) in [4.78, 5) is 2.47. The standard InChI is InChI=1S/C26H25NO2.ClH/c1-2-8-21(9-3-1)26-25(23-10-4-5-11-24(23)29-26)20-12-14-22(15-13-20)28-19-18-27-16-6-7-17-27;/h1-5,8-15H,6-7,16-19H2;1H. The number of rotatable bonds is 6. The van der Waals surface area contributed by atoms with E-state index in [0.717, 1.165) is 52.3 Å². The first-order valence-electron chi connectivity index (χ1n) is 10.4. The van der Waals surface area contributed by atoms with Crippen LogP contribution in [0, 0.1) is 0 Å². The molecule has 154 valence electrons. The highest BCUT2D eigenvalue weighted by molar-refractivity contribution is 6.01. The van der Waals surface area contributed by atoms with Gasteiger partial charge in [-0.1, -0.05) is 60.7 Å². The minimum Gasteiger partial charge on any atom is -0.492 e. The molecule has 4 aromatic rings. The van der Waals surface area contributed by atoms with E-state index in [0.29, 0.717) is 0 Å². The first-order valence-corrected chi connectivity index (χ1v) is 10.4. The number of para-hydroxylation sites is 1. The van der Waals surface area contributed by atoms with Crippen molar-refractivity contribution in [3.63, 3.8) is 0 Å². The predicted octanol–water partition coefficient (Wildman–Crippen LogP) is 6.66. The average Bonchev–Trinajstić information content (AvgIpc) is 3.43. The van der Waals surface area contributed by atoms with Crippen molar-refractivity contribution in [1.29, 1.82) is 0 Å². The van der Waals surface area contributed by atoms with Crippen molar-refractivity contribution in [2.75, 3.05) is 26.2 Å². The van der Waals surface area contributed by atoms with Gasteiger partial charge in [-0.3, -0.25) is 4.90 Å². The number of furan rings is 1. The Balaban J connectivity index is 0.00000218. The predicted molar refractivity (Wildman–Crippen MR) is 126 cm³/mol. The Hall–Kier alpha value is -2.75. The number of benzene rings is 3. The highest BCUT2D eigenvalue weighted by Crippen LogP contribution is 2.41. The van der Waals surface area contributed by atoms with E-state index in [-0.39, 0.29) is 12.4 Å². The number of hydrogen-bond acceptors (Lipinski definition) is 3. The van der Waals surface area contributed by atoms with Crippen molar-refractivity contribution in [3.8, 4) is 28.2 Å². The van der Waals surface area contributed by atoms with Crippen molar-refractivity contribution in [2.45, 2.75) is 12.8 Å². The Labute approximate surface area is 183 Å². The maximum atomic E-state index is 6.25. The van der Waals surface area contributed by atoms with Crippen LogP contribution in [0.1, 0.15) is 12.8 Å². The maximum absolute atomic E-state index is 6.25. The second-order valence-electron chi connectivity index (χ2n) is 7.59. The summed E-state index contributed by atoms with van der Waals surface area (Å²) in [7, 11) is 0. The summed E-state index contributed by atoms with van der Waals surface area (Å²) in [5.41, 5.74) is 4.27. The fourth-order valence-electron chi connectivity index (χ4n) is 4.14. The minimum absolute atomic E-state index is 0. The summed E-state index contributed by atoms with van der Waals surface area (Å²) in [5, 5.41) is 1.13. The third kappa shape index (κ3) is 4.23. The first kappa shape index (κ1) is 20.5. The van der Waals surface area contributed by atoms with Crippen LogP contribution in [0.25, 0.3) is 33.4 Å². The van der Waals surface area contributed by atoms with Gasteiger partial charge >= 0.3 is 0 Å². The molecule has 0 spiro atoms. The van der Waals surface area contributed by atoms with Crippen molar-refractivity contribution in [3.05, 3.63) is 78.9 Å². The van der Waals surface area contributed by atoms with Crippen LogP contribution in [-0.4, -0.2) is 31.1 Å². The van der Waals surface area contributed by atoms with Gasteiger partial charge in [-0.25, -0.2) is 0 Å². The molecule has 1 saturated heterocycles. The Kier molecular flexibility index (Phi) is 6.41. The normalized spacial score (nSPS) is 14.0. The lowest BCUT2D eigenvalue weighted by Crippen LogP contribution is -2.25. The number of nitrogens with zero attached hydrogens (tertiary/aromatic N) is 1. The number of ether oxygens (including phenoxy) is 1. The fraction of sp³-hybridized carbons (Fsp3) is 0.231. The third-order valence-corrected chi connectivity index (χ3v) is 5.65. The molecule has 0 N–H and O–H groups in total. The quantitative estimate of drug-likeness (QED) is 0.349. The maximum Gasteiger partial charge on any atom is 0.143 e. The summed E-state index contributed by atoms with van der Waals surface area (Å²) in [6.07, 6.45) is 2.63. The SMILES string of the molecule is Cl.c1ccc(-c2oc3ccccc3c2-c2ccc(OCCN3CCCC3)cc2)cc1. The van der Waals surface area contributed by atoms with Gasteiger partial charge in [0.1, 0.15) is 23.7 Å². The van der Waals surface area contributed by atoms with Crippen molar-refractivity contribution >= 4 is 23.4 Å². The molecule has 0 unspecified atom stereocenters. The second kappa shape index (κ2) is 9.38. The molecule has 1 fully saturated rings. The van der Waals surface area contributed by atoms with Crippen LogP contribution in [0.3, 0.4) is 0 Å². The van der Waals surface area contributed by atoms with Crippen LogP contribution >= 0.6 is 12.4 Å². The molecule has 5 rings (SSSR count). The van der Waals surface area contributed by atoms with Gasteiger partial charge in [0.2, 0.25) is 0 Å². The van der Waals surface area contributed by atoms with Gasteiger partial charge in [-0.05, 0) is 49.7 Å². The molecule has 0 radical (unpaired) electrons. The topological polar surface area (TPSA) is 25.6 Å². The van der Waals surface area contributed by atoms with E-state index in [4.69, 9.17) is 9.15 Å². The van der Waals surface area contributed by atoms with Crippen molar-refractivity contribution in [1.82, 2.24) is 4.90 Å². The zero-order valence-electron chi connectivity index (χ0n) is 16.9. The lowest BCUT2D eigenvalue weighted by molar-refractivity contribution is 0.238. The van der Waals surface area contributed by atoms with E-state index >= 15 is 0 Å². The minimum atomic E-state index is 0. The molecule has 0 amide bonds. The summed E-state index contributed by atoms with van der Waals surface area (Å²) < 4.78 is 12.2. The smallest absolute Gasteiger partial charge is 0.143 e. The van der Waals surface area contributed by atoms with Gasteiger partial charge < -0.3 is 9.15 Å². The zero-order chi connectivity index (χ0) is 19.5. The Morgan fingerprint density at radius 2 is 1.47 bits per heavy atom. The summed E-state index contributed by atoms with van der Waals surface area (Å²) in [6.45, 7) is 4.16. The number of fused-ring (bicyclic) bond motifs is 1. The van der Waals surface area contributed by atoms with Crippen LogP contribution in [0.15, 0.2) is 83.3 Å². The van der Waals surface area contributed by atoms with Gasteiger partial charge in [-0.15, -0.1) is 12.4 Å². The lowest BCUT2D eigenvalue weighted by Gasteiger charge is -2.15. The van der Waals surface area contributed by atoms with E-state index in [2.05, 4.69) is 53.4 Å². The lowest BCUT2D eigenvalue weighted by atomic mass is 9.98. The molecular weight excluding hydrogens is 394 g/mol. The molecule has 3 aromatic carbocycles. The average molecular weight is 420 g/mol. The van der Waals surface area contributed by atoms with Gasteiger partial charge in [0.25, 0.3) is 0 Å². The fourth-order valence-corrected chi connectivity index (χ4v) is 4.14. The number of hydrogen-bond donors (Lipinski definition) is 0. The van der Waals surface area contributed by atoms with Crippen molar-refractivity contribution < 1.29 is 9.15 Å². The molecular formula is C26H26ClNO2. The highest BCUT2D eigenvalue weighted by Gasteiger charge is 2.17. The van der Waals surface area contributed by atoms with E-state index in [1.807, 2.05) is 30.3 Å². The molecule has 1 aromatic heterocycles. The summed E-state index contributed by atoms with van der Waals surface area (Å²) in [5.74, 6) is 1.83. The molecule has 4 heteroatoms. The Morgan fingerprint density at radius 1 is 0.767 bits per heavy atom. The Bertz CT molecular complexity index is 1080. The van der Waals surface area contributed by atoms with Gasteiger partial charge in [-0.2, -0.15) is 0 Å². The zero-order valence-corrected chi connectivity index (χ0v) is 17.7. The van der Waals surface area contributed by atoms with Gasteiger partial charge in [0.05, 0.1) is 0 Å². The molecule has 1 aliphatic rings. The van der Waals surface area contributed by atoms with Crippen molar-refractivity contribution in [2.24, 2.45) is 0 Å². The molecule has 0 atom stereocenters. The monoisotopic (exact) mass is 419 g/mol. The van der Waals surface area contributed by atoms with E-state index in [1.165, 1.54) is 25.9 Å². The molecule has 1 aliphatic heterocycles. The van der Waals surface area contributed by atoms with Crippen LogP contribution in [0.5, 0.6) is 5.75 Å². The van der Waals surface area contributed by atoms with Crippen LogP contribution in [0.2, 0.25) is 0 Å². The highest BCUT2D eigenvalue weighted by atomic mass is 35.5. The van der Waals surface area contributed by atoms with Crippen LogP contribution in [-0.2, 0) is 0 Å². The second-order valence-corrected chi connectivity index (χ2v) is 7.59. The number of likely N-dealkylation sites (tertiary alicyclic amines) is 1. The van der Waals surface area contributed by atoms with Gasteiger partial charge in [0, 0.05) is 23.1 Å². The molecule has 2 heterocycles. The Morgan fingerprint density at radius 3 is 2.23 bits per heavy atom. The largest absolute Gasteiger partial charge is 0.492 e. The summed E-state index contributed by atoms with van der Waals surface area (Å²) >= 11 is 0. The molecule has 30 heavy (non-hydrogen) atoms. The third-order valence-electron chi connectivity index (χ3n) is 5.65. The van der Waals surface area contributed by atoms with E-state index in [1.54, 1.807) is 0 Å².